The summed E-state index contributed by atoms with van der Waals surface area (Å²) in [5.41, 5.74) is 2.79. The predicted molar refractivity (Wildman–Crippen MR) is 124 cm³/mol. The van der Waals surface area contributed by atoms with Crippen LogP contribution < -0.4 is 4.90 Å². The van der Waals surface area contributed by atoms with Crippen molar-refractivity contribution in [1.82, 2.24) is 0 Å². The van der Waals surface area contributed by atoms with Crippen LogP contribution in [0.4, 0.5) is 5.69 Å². The van der Waals surface area contributed by atoms with Gasteiger partial charge >= 0.3 is 0 Å². The molecule has 0 fully saturated rings. The molecule has 0 bridgehead atoms. The summed E-state index contributed by atoms with van der Waals surface area (Å²) in [6.45, 7) is 2.30. The lowest BCUT2D eigenvalue weighted by atomic mass is 10.0. The molecule has 0 aliphatic carbocycles. The normalized spacial score (nSPS) is 11.1. The molecule has 1 aromatic carbocycles. The van der Waals surface area contributed by atoms with Gasteiger partial charge in [-0.3, -0.25) is 0 Å². The number of aryl methyl sites for hydroxylation is 1. The van der Waals surface area contributed by atoms with Gasteiger partial charge in [0, 0.05) is 19.8 Å². The standard InChI is InChI=1S/C26H47N/c1-4-5-6-7-8-9-10-11-12-13-14-15-16-17-18-19-20-25-21-23-26(24-22-25)27(2)3/h21-24H,4-20H2,1-3H3. The summed E-state index contributed by atoms with van der Waals surface area (Å²) >= 11 is 0. The van der Waals surface area contributed by atoms with E-state index in [2.05, 4.69) is 50.2 Å². The second-order valence-corrected chi connectivity index (χ2v) is 8.61. The number of benzene rings is 1. The summed E-state index contributed by atoms with van der Waals surface area (Å²) in [6, 6.07) is 9.06. The van der Waals surface area contributed by atoms with E-state index in [-0.39, 0.29) is 0 Å². The van der Waals surface area contributed by atoms with Gasteiger partial charge < -0.3 is 4.90 Å². The number of anilines is 1. The van der Waals surface area contributed by atoms with E-state index in [1.165, 1.54) is 120 Å². The van der Waals surface area contributed by atoms with Crippen LogP contribution in [0.25, 0.3) is 0 Å². The van der Waals surface area contributed by atoms with Crippen LogP contribution >= 0.6 is 0 Å². The molecule has 0 saturated carbocycles. The van der Waals surface area contributed by atoms with E-state index in [0.29, 0.717) is 0 Å². The first kappa shape index (κ1) is 24.1. The second-order valence-electron chi connectivity index (χ2n) is 8.61. The zero-order valence-electron chi connectivity index (χ0n) is 18.8. The maximum atomic E-state index is 2.30. The lowest BCUT2D eigenvalue weighted by molar-refractivity contribution is 0.529. The van der Waals surface area contributed by atoms with Crippen molar-refractivity contribution in [3.8, 4) is 0 Å². The number of hydrogen-bond acceptors (Lipinski definition) is 1. The van der Waals surface area contributed by atoms with Gasteiger partial charge in [-0.15, -0.1) is 0 Å². The third-order valence-corrected chi connectivity index (χ3v) is 5.77. The van der Waals surface area contributed by atoms with Crippen LogP contribution in [0.3, 0.4) is 0 Å². The lowest BCUT2D eigenvalue weighted by Gasteiger charge is -2.12. The maximum absolute atomic E-state index is 2.30. The highest BCUT2D eigenvalue weighted by Gasteiger charge is 1.98. The first-order chi connectivity index (χ1) is 13.2. The highest BCUT2D eigenvalue weighted by atomic mass is 15.1. The zero-order valence-corrected chi connectivity index (χ0v) is 18.8. The molecule has 156 valence electrons. The Bertz CT molecular complexity index is 420. The van der Waals surface area contributed by atoms with Gasteiger partial charge in [0.1, 0.15) is 0 Å². The quantitative estimate of drug-likeness (QED) is 0.233. The summed E-state index contributed by atoms with van der Waals surface area (Å²) in [6.07, 6.45) is 24.3. The molecule has 0 spiro atoms. The summed E-state index contributed by atoms with van der Waals surface area (Å²) in [7, 11) is 4.20. The molecule has 0 saturated heterocycles. The van der Waals surface area contributed by atoms with E-state index in [0.717, 1.165) is 0 Å². The average Bonchev–Trinajstić information content (AvgIpc) is 2.68. The van der Waals surface area contributed by atoms with Crippen molar-refractivity contribution < 1.29 is 0 Å². The molecule has 1 heteroatoms. The van der Waals surface area contributed by atoms with Crippen LogP contribution in [0.2, 0.25) is 0 Å². The molecule has 0 aliphatic rings. The Balaban J connectivity index is 1.80. The Morgan fingerprint density at radius 1 is 0.519 bits per heavy atom. The molecule has 0 atom stereocenters. The third kappa shape index (κ3) is 13.8. The fourth-order valence-electron chi connectivity index (χ4n) is 3.84. The summed E-state index contributed by atoms with van der Waals surface area (Å²) in [5.74, 6) is 0. The molecule has 0 unspecified atom stereocenters. The van der Waals surface area contributed by atoms with Crippen molar-refractivity contribution in [3.05, 3.63) is 29.8 Å². The van der Waals surface area contributed by atoms with Crippen LogP contribution in [-0.2, 0) is 6.42 Å². The minimum absolute atomic E-state index is 1.24. The van der Waals surface area contributed by atoms with E-state index < -0.39 is 0 Å². The molecule has 0 radical (unpaired) electrons. The minimum Gasteiger partial charge on any atom is -0.378 e. The Morgan fingerprint density at radius 3 is 1.26 bits per heavy atom. The molecule has 0 aliphatic heterocycles. The SMILES string of the molecule is CCCCCCCCCCCCCCCCCCc1ccc(N(C)C)cc1. The van der Waals surface area contributed by atoms with Crippen LogP contribution in [0.5, 0.6) is 0 Å². The molecule has 0 heterocycles. The Hall–Kier alpha value is -0.980. The highest BCUT2D eigenvalue weighted by Crippen LogP contribution is 2.16. The van der Waals surface area contributed by atoms with Crippen LogP contribution in [0.1, 0.15) is 115 Å². The van der Waals surface area contributed by atoms with Crippen molar-refractivity contribution in [2.75, 3.05) is 19.0 Å². The number of hydrogen-bond donors (Lipinski definition) is 0. The van der Waals surface area contributed by atoms with Gasteiger partial charge in [-0.2, -0.15) is 0 Å². The zero-order chi connectivity index (χ0) is 19.6. The van der Waals surface area contributed by atoms with E-state index >= 15 is 0 Å². The largest absolute Gasteiger partial charge is 0.378 e. The fourth-order valence-corrected chi connectivity index (χ4v) is 3.84. The van der Waals surface area contributed by atoms with Crippen molar-refractivity contribution in [2.24, 2.45) is 0 Å². The van der Waals surface area contributed by atoms with Gasteiger partial charge in [-0.25, -0.2) is 0 Å². The molecular formula is C26H47N. The van der Waals surface area contributed by atoms with E-state index in [1.807, 2.05) is 0 Å². The Labute approximate surface area is 170 Å². The van der Waals surface area contributed by atoms with Gasteiger partial charge in [0.15, 0.2) is 0 Å². The van der Waals surface area contributed by atoms with Gasteiger partial charge in [0.2, 0.25) is 0 Å². The first-order valence-electron chi connectivity index (χ1n) is 12.0. The molecule has 0 N–H and O–H groups in total. The molecule has 1 rings (SSSR count). The fraction of sp³-hybridized carbons (Fsp3) is 0.769. The maximum Gasteiger partial charge on any atom is 0.0361 e. The summed E-state index contributed by atoms with van der Waals surface area (Å²) in [5, 5.41) is 0. The Morgan fingerprint density at radius 2 is 0.889 bits per heavy atom. The average molecular weight is 374 g/mol. The lowest BCUT2D eigenvalue weighted by Crippen LogP contribution is -2.08. The van der Waals surface area contributed by atoms with E-state index in [9.17, 15) is 0 Å². The van der Waals surface area contributed by atoms with Crippen molar-refractivity contribution in [2.45, 2.75) is 116 Å². The molecular weight excluding hydrogens is 326 g/mol. The monoisotopic (exact) mass is 373 g/mol. The van der Waals surface area contributed by atoms with Gasteiger partial charge in [-0.05, 0) is 30.5 Å². The topological polar surface area (TPSA) is 3.24 Å². The number of nitrogens with zero attached hydrogens (tertiary/aromatic N) is 1. The van der Waals surface area contributed by atoms with E-state index in [1.54, 1.807) is 0 Å². The van der Waals surface area contributed by atoms with E-state index in [4.69, 9.17) is 0 Å². The molecule has 1 aromatic rings. The predicted octanol–water partition coefficient (Wildman–Crippen LogP) is 8.56. The summed E-state index contributed by atoms with van der Waals surface area (Å²) < 4.78 is 0. The summed E-state index contributed by atoms with van der Waals surface area (Å²) in [4.78, 5) is 2.17. The van der Waals surface area contributed by atoms with Gasteiger partial charge in [0.05, 0.1) is 0 Å². The smallest absolute Gasteiger partial charge is 0.0361 e. The van der Waals surface area contributed by atoms with Crippen molar-refractivity contribution in [1.29, 1.82) is 0 Å². The second kappa shape index (κ2) is 17.1. The third-order valence-electron chi connectivity index (χ3n) is 5.77. The molecule has 1 nitrogen and oxygen atoms in total. The Kier molecular flexibility index (Phi) is 15.3. The first-order valence-corrected chi connectivity index (χ1v) is 12.0. The number of rotatable bonds is 18. The van der Waals surface area contributed by atoms with Gasteiger partial charge in [-0.1, -0.05) is 115 Å². The minimum atomic E-state index is 1.24. The molecule has 0 aromatic heterocycles. The molecule has 0 amide bonds. The molecule has 27 heavy (non-hydrogen) atoms. The van der Waals surface area contributed by atoms with Crippen molar-refractivity contribution in [3.63, 3.8) is 0 Å². The number of unbranched alkanes of at least 4 members (excludes halogenated alkanes) is 15. The van der Waals surface area contributed by atoms with Crippen molar-refractivity contribution >= 4 is 5.69 Å². The van der Waals surface area contributed by atoms with Gasteiger partial charge in [0.25, 0.3) is 0 Å². The van der Waals surface area contributed by atoms with Crippen LogP contribution in [0, 0.1) is 0 Å². The van der Waals surface area contributed by atoms with Crippen LogP contribution in [-0.4, -0.2) is 14.1 Å². The highest BCUT2D eigenvalue weighted by molar-refractivity contribution is 5.45. The van der Waals surface area contributed by atoms with Crippen LogP contribution in [0.15, 0.2) is 24.3 Å².